The maximum absolute atomic E-state index is 12.8. The number of rotatable bonds is 4. The normalized spacial score (nSPS) is 21.3. The Hall–Kier alpha value is -2.21. The fraction of sp³-hybridized carbons (Fsp3) is 0.450. The average molecular weight is 372 g/mol. The van der Waals surface area contributed by atoms with Crippen LogP contribution < -0.4 is 20.1 Å². The van der Waals surface area contributed by atoms with Crippen LogP contribution in [-0.4, -0.2) is 20.1 Å². The first kappa shape index (κ1) is 17.2. The number of anilines is 1. The minimum atomic E-state index is -0.267. The molecule has 1 amide bonds. The Bertz CT molecular complexity index is 846. The molecule has 6 heteroatoms. The van der Waals surface area contributed by atoms with Crippen LogP contribution in [0.1, 0.15) is 52.3 Å². The van der Waals surface area contributed by atoms with Gasteiger partial charge in [0.15, 0.2) is 11.5 Å². The summed E-state index contributed by atoms with van der Waals surface area (Å²) in [5.41, 5.74) is 3.06. The van der Waals surface area contributed by atoms with Crippen LogP contribution in [0.2, 0.25) is 0 Å². The van der Waals surface area contributed by atoms with E-state index in [2.05, 4.69) is 17.6 Å². The third-order valence-electron chi connectivity index (χ3n) is 5.46. The van der Waals surface area contributed by atoms with Gasteiger partial charge in [-0.25, -0.2) is 0 Å². The van der Waals surface area contributed by atoms with E-state index in [0.717, 1.165) is 34.9 Å². The van der Waals surface area contributed by atoms with E-state index in [4.69, 9.17) is 9.47 Å². The molecule has 2 heterocycles. The molecule has 0 saturated carbocycles. The number of methoxy groups -OCH3 is 2. The van der Waals surface area contributed by atoms with Crippen molar-refractivity contribution in [3.63, 3.8) is 0 Å². The SMILES string of the molecule is CC[C@@H]1CCc2c(sc3c2C(=O)N[C@@H](c2ccc(OC)c(OC)c2)N3)C1. The second kappa shape index (κ2) is 6.83. The van der Waals surface area contributed by atoms with Gasteiger partial charge in [0, 0.05) is 4.88 Å². The van der Waals surface area contributed by atoms with Crippen LogP contribution in [0.5, 0.6) is 11.5 Å². The number of amides is 1. The van der Waals surface area contributed by atoms with Crippen LogP contribution in [0.25, 0.3) is 0 Å². The molecule has 2 aromatic rings. The van der Waals surface area contributed by atoms with Gasteiger partial charge >= 0.3 is 0 Å². The van der Waals surface area contributed by atoms with Crippen molar-refractivity contribution >= 4 is 22.2 Å². The van der Waals surface area contributed by atoms with Crippen molar-refractivity contribution in [1.82, 2.24) is 5.32 Å². The minimum Gasteiger partial charge on any atom is -0.493 e. The molecule has 2 atom stereocenters. The van der Waals surface area contributed by atoms with E-state index in [1.807, 2.05) is 18.2 Å². The zero-order chi connectivity index (χ0) is 18.3. The third kappa shape index (κ3) is 2.82. The molecule has 0 bridgehead atoms. The Kier molecular flexibility index (Phi) is 4.53. The van der Waals surface area contributed by atoms with E-state index in [0.29, 0.717) is 11.5 Å². The summed E-state index contributed by atoms with van der Waals surface area (Å²) >= 11 is 1.75. The number of benzene rings is 1. The van der Waals surface area contributed by atoms with Crippen molar-refractivity contribution < 1.29 is 14.3 Å². The first-order chi connectivity index (χ1) is 12.6. The molecule has 0 radical (unpaired) electrons. The molecule has 0 fully saturated rings. The molecule has 1 aromatic heterocycles. The highest BCUT2D eigenvalue weighted by Gasteiger charge is 2.33. The van der Waals surface area contributed by atoms with Crippen molar-refractivity contribution in [3.8, 4) is 11.5 Å². The second-order valence-corrected chi connectivity index (χ2v) is 8.00. The molecule has 2 N–H and O–H groups in total. The Balaban J connectivity index is 1.65. The Morgan fingerprint density at radius 3 is 2.73 bits per heavy atom. The maximum Gasteiger partial charge on any atom is 0.256 e. The molecule has 0 spiro atoms. The number of carbonyl (C=O) groups excluding carboxylic acids is 1. The van der Waals surface area contributed by atoms with Crippen molar-refractivity contribution in [1.29, 1.82) is 0 Å². The lowest BCUT2D eigenvalue weighted by Crippen LogP contribution is -2.38. The minimum absolute atomic E-state index is 0.0194. The molecule has 1 aliphatic heterocycles. The highest BCUT2D eigenvalue weighted by Crippen LogP contribution is 2.43. The quantitative estimate of drug-likeness (QED) is 0.847. The molecule has 0 saturated heterocycles. The van der Waals surface area contributed by atoms with Crippen LogP contribution in [0.15, 0.2) is 18.2 Å². The van der Waals surface area contributed by atoms with Gasteiger partial charge in [-0.2, -0.15) is 0 Å². The molecule has 26 heavy (non-hydrogen) atoms. The van der Waals surface area contributed by atoms with Gasteiger partial charge in [-0.15, -0.1) is 11.3 Å². The van der Waals surface area contributed by atoms with Gasteiger partial charge in [0.2, 0.25) is 0 Å². The van der Waals surface area contributed by atoms with Crippen molar-refractivity contribution in [2.75, 3.05) is 19.5 Å². The van der Waals surface area contributed by atoms with E-state index in [-0.39, 0.29) is 12.1 Å². The molecule has 138 valence electrons. The van der Waals surface area contributed by atoms with Gasteiger partial charge in [0.25, 0.3) is 5.91 Å². The van der Waals surface area contributed by atoms with Crippen molar-refractivity contribution in [3.05, 3.63) is 39.8 Å². The van der Waals surface area contributed by atoms with Gasteiger partial charge < -0.3 is 20.1 Å². The number of nitrogens with one attached hydrogen (secondary N) is 2. The Labute approximate surface area is 157 Å². The fourth-order valence-electron chi connectivity index (χ4n) is 3.91. The molecular formula is C20H24N2O3S. The zero-order valence-corrected chi connectivity index (χ0v) is 16.2. The van der Waals surface area contributed by atoms with E-state index in [1.54, 1.807) is 25.6 Å². The summed E-state index contributed by atoms with van der Waals surface area (Å²) in [7, 11) is 3.23. The fourth-order valence-corrected chi connectivity index (χ4v) is 5.30. The highest BCUT2D eigenvalue weighted by molar-refractivity contribution is 7.16. The lowest BCUT2D eigenvalue weighted by atomic mass is 9.85. The monoisotopic (exact) mass is 372 g/mol. The second-order valence-electron chi connectivity index (χ2n) is 6.89. The highest BCUT2D eigenvalue weighted by atomic mass is 32.1. The van der Waals surface area contributed by atoms with Gasteiger partial charge in [-0.1, -0.05) is 19.4 Å². The standard InChI is InChI=1S/C20H24N2O3S/c1-4-11-5-7-13-16(9-11)26-20-17(13)19(23)21-18(22-20)12-6-8-14(24-2)15(10-12)25-3/h6,8,10-11,18,22H,4-5,7,9H2,1-3H3,(H,21,23)/t11-,18-/m1/s1. The smallest absolute Gasteiger partial charge is 0.256 e. The summed E-state index contributed by atoms with van der Waals surface area (Å²) in [4.78, 5) is 14.2. The van der Waals surface area contributed by atoms with Gasteiger partial charge in [0.05, 0.1) is 19.8 Å². The number of thiophene rings is 1. The predicted octanol–water partition coefficient (Wildman–Crippen LogP) is 4.13. The van der Waals surface area contributed by atoms with E-state index in [9.17, 15) is 4.79 Å². The zero-order valence-electron chi connectivity index (χ0n) is 15.3. The third-order valence-corrected chi connectivity index (χ3v) is 6.65. The summed E-state index contributed by atoms with van der Waals surface area (Å²) < 4.78 is 10.7. The largest absolute Gasteiger partial charge is 0.493 e. The number of hydrogen-bond acceptors (Lipinski definition) is 5. The summed E-state index contributed by atoms with van der Waals surface area (Å²) in [6.45, 7) is 2.25. The topological polar surface area (TPSA) is 59.6 Å². The molecule has 4 rings (SSSR count). The van der Waals surface area contributed by atoms with Gasteiger partial charge in [0.1, 0.15) is 11.2 Å². The molecule has 2 aliphatic rings. The lowest BCUT2D eigenvalue weighted by molar-refractivity contribution is 0.0935. The molecule has 5 nitrogen and oxygen atoms in total. The first-order valence-corrected chi connectivity index (χ1v) is 9.90. The molecule has 1 aromatic carbocycles. The average Bonchev–Trinajstić information content (AvgIpc) is 3.05. The van der Waals surface area contributed by atoms with Crippen LogP contribution >= 0.6 is 11.3 Å². The molecular weight excluding hydrogens is 348 g/mol. The Morgan fingerprint density at radius 2 is 2.00 bits per heavy atom. The molecule has 1 aliphatic carbocycles. The number of ether oxygens (including phenoxy) is 2. The molecule has 0 unspecified atom stereocenters. The van der Waals surface area contributed by atoms with Crippen molar-refractivity contribution in [2.24, 2.45) is 5.92 Å². The van der Waals surface area contributed by atoms with E-state index < -0.39 is 0 Å². The number of fused-ring (bicyclic) bond motifs is 3. The summed E-state index contributed by atoms with van der Waals surface area (Å²) in [5, 5.41) is 7.61. The lowest BCUT2D eigenvalue weighted by Gasteiger charge is -2.27. The van der Waals surface area contributed by atoms with E-state index >= 15 is 0 Å². The van der Waals surface area contributed by atoms with Crippen LogP contribution in [0.4, 0.5) is 5.00 Å². The first-order valence-electron chi connectivity index (χ1n) is 9.08. The van der Waals surface area contributed by atoms with Crippen LogP contribution in [0.3, 0.4) is 0 Å². The van der Waals surface area contributed by atoms with E-state index in [1.165, 1.54) is 23.3 Å². The summed E-state index contributed by atoms with van der Waals surface area (Å²) in [6, 6.07) is 5.72. The van der Waals surface area contributed by atoms with Crippen molar-refractivity contribution in [2.45, 2.75) is 38.8 Å². The van der Waals surface area contributed by atoms with Crippen LogP contribution in [-0.2, 0) is 12.8 Å². The number of hydrogen-bond donors (Lipinski definition) is 2. The Morgan fingerprint density at radius 1 is 1.19 bits per heavy atom. The maximum atomic E-state index is 12.8. The van der Waals surface area contributed by atoms with Gasteiger partial charge in [-0.05, 0) is 48.4 Å². The number of carbonyl (C=O) groups is 1. The van der Waals surface area contributed by atoms with Crippen LogP contribution in [0, 0.1) is 5.92 Å². The predicted molar refractivity (Wildman–Crippen MR) is 104 cm³/mol. The van der Waals surface area contributed by atoms with Gasteiger partial charge in [-0.3, -0.25) is 4.79 Å². The summed E-state index contributed by atoms with van der Waals surface area (Å²) in [6.07, 6.45) is 4.22. The summed E-state index contributed by atoms with van der Waals surface area (Å²) in [5.74, 6) is 2.10.